The van der Waals surface area contributed by atoms with E-state index in [4.69, 9.17) is 0 Å². The van der Waals surface area contributed by atoms with E-state index in [-0.39, 0.29) is 11.7 Å². The van der Waals surface area contributed by atoms with Crippen LogP contribution in [0.5, 0.6) is 0 Å². The highest BCUT2D eigenvalue weighted by atomic mass is 16.3. The van der Waals surface area contributed by atoms with Crippen molar-refractivity contribution in [3.05, 3.63) is 60.2 Å². The lowest BCUT2D eigenvalue weighted by atomic mass is 9.95. The summed E-state index contributed by atoms with van der Waals surface area (Å²) in [7, 11) is 0. The molecule has 0 saturated heterocycles. The lowest BCUT2D eigenvalue weighted by molar-refractivity contribution is -0.116. The first kappa shape index (κ1) is 14.4. The van der Waals surface area contributed by atoms with E-state index in [1.807, 2.05) is 41.3 Å². The summed E-state index contributed by atoms with van der Waals surface area (Å²) in [5.41, 5.74) is 5.19. The SMILES string of the molecule is C=C(O)c1ccc(-c2ccc3c(c2)CCCN3C(C)=O)cc1. The molecule has 22 heavy (non-hydrogen) atoms. The normalized spacial score (nSPS) is 13.6. The zero-order chi connectivity index (χ0) is 15.7. The van der Waals surface area contributed by atoms with Crippen LogP contribution < -0.4 is 4.90 Å². The number of anilines is 1. The van der Waals surface area contributed by atoms with Gasteiger partial charge in [0.1, 0.15) is 5.76 Å². The maximum Gasteiger partial charge on any atom is 0.223 e. The highest BCUT2D eigenvalue weighted by Gasteiger charge is 2.20. The number of carbonyl (C=O) groups excluding carboxylic acids is 1. The third kappa shape index (κ3) is 2.62. The van der Waals surface area contributed by atoms with Gasteiger partial charge < -0.3 is 10.0 Å². The van der Waals surface area contributed by atoms with Gasteiger partial charge in [-0.2, -0.15) is 0 Å². The molecule has 3 heteroatoms. The molecule has 0 radical (unpaired) electrons. The van der Waals surface area contributed by atoms with Crippen LogP contribution in [0.2, 0.25) is 0 Å². The van der Waals surface area contributed by atoms with Gasteiger partial charge in [0.25, 0.3) is 0 Å². The smallest absolute Gasteiger partial charge is 0.223 e. The van der Waals surface area contributed by atoms with E-state index >= 15 is 0 Å². The van der Waals surface area contributed by atoms with Gasteiger partial charge in [0, 0.05) is 24.7 Å². The first-order valence-electron chi connectivity index (χ1n) is 7.46. The largest absolute Gasteiger partial charge is 0.508 e. The second kappa shape index (κ2) is 5.68. The number of benzene rings is 2. The van der Waals surface area contributed by atoms with Crippen LogP contribution in [0.15, 0.2) is 49.0 Å². The second-order valence-corrected chi connectivity index (χ2v) is 5.64. The number of aliphatic hydroxyl groups is 1. The molecule has 0 spiro atoms. The number of hydrogen-bond donors (Lipinski definition) is 1. The minimum absolute atomic E-state index is 0.0779. The maximum atomic E-state index is 11.7. The average molecular weight is 293 g/mol. The zero-order valence-electron chi connectivity index (χ0n) is 12.7. The molecule has 1 aliphatic heterocycles. The summed E-state index contributed by atoms with van der Waals surface area (Å²) in [6, 6.07) is 13.9. The molecule has 1 aliphatic rings. The highest BCUT2D eigenvalue weighted by Crippen LogP contribution is 2.32. The molecule has 3 nitrogen and oxygen atoms in total. The molecule has 1 N–H and O–H groups in total. The molecule has 1 amide bonds. The lowest BCUT2D eigenvalue weighted by Gasteiger charge is -2.29. The summed E-state index contributed by atoms with van der Waals surface area (Å²) >= 11 is 0. The molecule has 0 atom stereocenters. The Bertz CT molecular complexity index is 732. The van der Waals surface area contributed by atoms with Crippen molar-refractivity contribution < 1.29 is 9.90 Å². The lowest BCUT2D eigenvalue weighted by Crippen LogP contribution is -2.33. The predicted molar refractivity (Wildman–Crippen MR) is 89.9 cm³/mol. The fraction of sp³-hybridized carbons (Fsp3) is 0.211. The molecular formula is C19H19NO2. The average Bonchev–Trinajstić information content (AvgIpc) is 2.53. The number of amides is 1. The first-order chi connectivity index (χ1) is 10.6. The molecular weight excluding hydrogens is 274 g/mol. The highest BCUT2D eigenvalue weighted by molar-refractivity contribution is 5.93. The molecule has 0 aromatic heterocycles. The van der Waals surface area contributed by atoms with Crippen molar-refractivity contribution in [2.45, 2.75) is 19.8 Å². The van der Waals surface area contributed by atoms with E-state index in [0.717, 1.165) is 41.8 Å². The van der Waals surface area contributed by atoms with Gasteiger partial charge in [-0.15, -0.1) is 0 Å². The number of nitrogens with zero attached hydrogens (tertiary/aromatic N) is 1. The summed E-state index contributed by atoms with van der Waals surface area (Å²) in [5, 5.41) is 9.39. The third-order valence-electron chi connectivity index (χ3n) is 4.13. The molecule has 0 bridgehead atoms. The molecule has 2 aromatic rings. The molecule has 1 heterocycles. The van der Waals surface area contributed by atoms with Gasteiger partial charge in [-0.1, -0.05) is 36.9 Å². The zero-order valence-corrected chi connectivity index (χ0v) is 12.7. The number of rotatable bonds is 2. The van der Waals surface area contributed by atoms with E-state index in [0.29, 0.717) is 0 Å². The quantitative estimate of drug-likeness (QED) is 0.844. The Morgan fingerprint density at radius 3 is 2.45 bits per heavy atom. The number of carbonyl (C=O) groups is 1. The summed E-state index contributed by atoms with van der Waals surface area (Å²) in [6.45, 7) is 5.94. The fourth-order valence-electron chi connectivity index (χ4n) is 2.96. The van der Waals surface area contributed by atoms with Crippen LogP contribution in [0.3, 0.4) is 0 Å². The van der Waals surface area contributed by atoms with E-state index in [1.54, 1.807) is 6.92 Å². The predicted octanol–water partition coefficient (Wildman–Crippen LogP) is 4.18. The Hall–Kier alpha value is -2.55. The summed E-state index contributed by atoms with van der Waals surface area (Å²) in [5.74, 6) is 0.175. The fourth-order valence-corrected chi connectivity index (χ4v) is 2.96. The third-order valence-corrected chi connectivity index (χ3v) is 4.13. The van der Waals surface area contributed by atoms with Crippen LogP contribution in [-0.4, -0.2) is 17.6 Å². The van der Waals surface area contributed by atoms with E-state index in [1.165, 1.54) is 5.56 Å². The maximum absolute atomic E-state index is 11.7. The van der Waals surface area contributed by atoms with Gasteiger partial charge in [0.05, 0.1) is 0 Å². The summed E-state index contributed by atoms with van der Waals surface area (Å²) < 4.78 is 0. The van der Waals surface area contributed by atoms with Crippen LogP contribution in [0.4, 0.5) is 5.69 Å². The topological polar surface area (TPSA) is 40.5 Å². The van der Waals surface area contributed by atoms with Gasteiger partial charge in [-0.25, -0.2) is 0 Å². The van der Waals surface area contributed by atoms with Crippen LogP contribution >= 0.6 is 0 Å². The Morgan fingerprint density at radius 1 is 1.14 bits per heavy atom. The molecule has 0 aliphatic carbocycles. The van der Waals surface area contributed by atoms with E-state index in [2.05, 4.69) is 12.6 Å². The van der Waals surface area contributed by atoms with Crippen molar-refractivity contribution in [1.82, 2.24) is 0 Å². The minimum Gasteiger partial charge on any atom is -0.508 e. The summed E-state index contributed by atoms with van der Waals surface area (Å²) in [6.07, 6.45) is 2.00. The van der Waals surface area contributed by atoms with Gasteiger partial charge in [-0.05, 0) is 41.7 Å². The Kier molecular flexibility index (Phi) is 3.72. The van der Waals surface area contributed by atoms with Crippen molar-refractivity contribution in [2.24, 2.45) is 0 Å². The van der Waals surface area contributed by atoms with Crippen molar-refractivity contribution in [2.75, 3.05) is 11.4 Å². The van der Waals surface area contributed by atoms with E-state index in [9.17, 15) is 9.90 Å². The van der Waals surface area contributed by atoms with Crippen LogP contribution in [-0.2, 0) is 11.2 Å². The van der Waals surface area contributed by atoms with E-state index < -0.39 is 0 Å². The van der Waals surface area contributed by atoms with Crippen LogP contribution in [0, 0.1) is 0 Å². The van der Waals surface area contributed by atoms with Gasteiger partial charge in [0.2, 0.25) is 5.91 Å². The molecule has 0 unspecified atom stereocenters. The summed E-state index contributed by atoms with van der Waals surface area (Å²) in [4.78, 5) is 13.6. The molecule has 0 saturated carbocycles. The Morgan fingerprint density at radius 2 is 1.82 bits per heavy atom. The van der Waals surface area contributed by atoms with Crippen LogP contribution in [0.1, 0.15) is 24.5 Å². The molecule has 0 fully saturated rings. The van der Waals surface area contributed by atoms with Gasteiger partial charge in [-0.3, -0.25) is 4.79 Å². The Labute approximate surface area is 130 Å². The van der Waals surface area contributed by atoms with Crippen molar-refractivity contribution in [1.29, 1.82) is 0 Å². The van der Waals surface area contributed by atoms with Crippen molar-refractivity contribution >= 4 is 17.4 Å². The number of aliphatic hydroxyl groups excluding tert-OH is 1. The molecule has 112 valence electrons. The monoisotopic (exact) mass is 293 g/mol. The number of aryl methyl sites for hydroxylation is 1. The minimum atomic E-state index is 0.0779. The first-order valence-corrected chi connectivity index (χ1v) is 7.46. The van der Waals surface area contributed by atoms with Crippen LogP contribution in [0.25, 0.3) is 16.9 Å². The van der Waals surface area contributed by atoms with Gasteiger partial charge >= 0.3 is 0 Å². The number of hydrogen-bond acceptors (Lipinski definition) is 2. The van der Waals surface area contributed by atoms with Gasteiger partial charge in [0.15, 0.2) is 0 Å². The molecule has 2 aromatic carbocycles. The number of fused-ring (bicyclic) bond motifs is 1. The second-order valence-electron chi connectivity index (χ2n) is 5.64. The van der Waals surface area contributed by atoms with Crippen molar-refractivity contribution in [3.63, 3.8) is 0 Å². The Balaban J connectivity index is 1.96. The van der Waals surface area contributed by atoms with Crippen molar-refractivity contribution in [3.8, 4) is 11.1 Å². The standard InChI is InChI=1S/C19H19NO2/c1-13(21)15-5-7-16(8-6-15)17-9-10-19-18(12-17)4-3-11-20(19)14(2)22/h5-10,12,21H,1,3-4,11H2,2H3. The molecule has 3 rings (SSSR count).